The fraction of sp³-hybridized carbons (Fsp3) is 0.550. The molecule has 0 saturated heterocycles. The van der Waals surface area contributed by atoms with Gasteiger partial charge in [0.1, 0.15) is 6.04 Å². The second-order valence-corrected chi connectivity index (χ2v) is 6.81. The average molecular weight is 362 g/mol. The molecule has 0 fully saturated rings. The lowest BCUT2D eigenvalue weighted by molar-refractivity contribution is -0.148. The summed E-state index contributed by atoms with van der Waals surface area (Å²) in [5, 5.41) is 5.34. The summed E-state index contributed by atoms with van der Waals surface area (Å²) in [6, 6.07) is 9.15. The fourth-order valence-electron chi connectivity index (χ4n) is 2.87. The SMILES string of the molecule is CNC(=O)[C@H](CCc1ccccc1)NC(=O)C[C@H](CC(C)C)C(=O)OC. The molecular formula is C20H30N2O4. The van der Waals surface area contributed by atoms with Gasteiger partial charge in [-0.15, -0.1) is 0 Å². The molecule has 2 N–H and O–H groups in total. The third-order valence-corrected chi connectivity index (χ3v) is 4.18. The van der Waals surface area contributed by atoms with Crippen LogP contribution in [0.15, 0.2) is 30.3 Å². The van der Waals surface area contributed by atoms with Crippen LogP contribution in [0.1, 0.15) is 38.7 Å². The van der Waals surface area contributed by atoms with Crippen LogP contribution in [-0.2, 0) is 25.5 Å². The number of carbonyl (C=O) groups excluding carboxylic acids is 3. The largest absolute Gasteiger partial charge is 0.469 e. The highest BCUT2D eigenvalue weighted by atomic mass is 16.5. The number of rotatable bonds is 10. The zero-order valence-corrected chi connectivity index (χ0v) is 16.1. The first-order chi connectivity index (χ1) is 12.4. The van der Waals surface area contributed by atoms with E-state index in [0.717, 1.165) is 5.56 Å². The van der Waals surface area contributed by atoms with Gasteiger partial charge < -0.3 is 15.4 Å². The zero-order valence-electron chi connectivity index (χ0n) is 16.1. The Balaban J connectivity index is 2.68. The Morgan fingerprint density at radius 2 is 1.77 bits per heavy atom. The first-order valence-corrected chi connectivity index (χ1v) is 9.00. The standard InChI is InChI=1S/C20H30N2O4/c1-14(2)12-16(20(25)26-4)13-18(23)22-17(19(24)21-3)11-10-15-8-6-5-7-9-15/h5-9,14,16-17H,10-13H2,1-4H3,(H,21,24)(H,22,23)/t16-,17-/m0/s1. The van der Waals surface area contributed by atoms with E-state index in [0.29, 0.717) is 19.3 Å². The number of hydrogen-bond donors (Lipinski definition) is 2. The van der Waals surface area contributed by atoms with Gasteiger partial charge in [0.15, 0.2) is 0 Å². The van der Waals surface area contributed by atoms with Gasteiger partial charge in [0, 0.05) is 13.5 Å². The predicted molar refractivity (Wildman–Crippen MR) is 100 cm³/mol. The van der Waals surface area contributed by atoms with Crippen LogP contribution < -0.4 is 10.6 Å². The highest BCUT2D eigenvalue weighted by molar-refractivity contribution is 5.89. The number of amides is 2. The van der Waals surface area contributed by atoms with Gasteiger partial charge in [0.05, 0.1) is 13.0 Å². The third kappa shape index (κ3) is 7.68. The first kappa shape index (κ1) is 21.7. The molecule has 0 radical (unpaired) electrons. The third-order valence-electron chi connectivity index (χ3n) is 4.18. The summed E-state index contributed by atoms with van der Waals surface area (Å²) in [6.45, 7) is 3.97. The van der Waals surface area contributed by atoms with Crippen molar-refractivity contribution in [1.82, 2.24) is 10.6 Å². The molecule has 0 heterocycles. The molecule has 26 heavy (non-hydrogen) atoms. The van der Waals surface area contributed by atoms with Gasteiger partial charge in [0.2, 0.25) is 11.8 Å². The molecule has 2 amide bonds. The van der Waals surface area contributed by atoms with Gasteiger partial charge in [-0.05, 0) is 30.7 Å². The van der Waals surface area contributed by atoms with Crippen LogP contribution in [0, 0.1) is 11.8 Å². The summed E-state index contributed by atoms with van der Waals surface area (Å²) >= 11 is 0. The highest BCUT2D eigenvalue weighted by Crippen LogP contribution is 2.17. The Labute approximate surface area is 155 Å². The molecule has 0 aliphatic heterocycles. The van der Waals surface area contributed by atoms with Crippen LogP contribution in [-0.4, -0.2) is 38.0 Å². The predicted octanol–water partition coefficient (Wildman–Crippen LogP) is 2.08. The first-order valence-electron chi connectivity index (χ1n) is 9.00. The molecule has 0 bridgehead atoms. The molecule has 0 saturated carbocycles. The number of nitrogens with one attached hydrogen (secondary N) is 2. The molecule has 1 aromatic carbocycles. The maximum atomic E-state index is 12.4. The van der Waals surface area contributed by atoms with Gasteiger partial charge in [-0.1, -0.05) is 44.2 Å². The Hall–Kier alpha value is -2.37. The molecule has 0 aliphatic carbocycles. The van der Waals surface area contributed by atoms with Crippen molar-refractivity contribution >= 4 is 17.8 Å². The van der Waals surface area contributed by atoms with Crippen LogP contribution in [0.4, 0.5) is 0 Å². The smallest absolute Gasteiger partial charge is 0.309 e. The maximum absolute atomic E-state index is 12.4. The number of likely N-dealkylation sites (N-methyl/N-ethyl adjacent to an activating group) is 1. The minimum Gasteiger partial charge on any atom is -0.469 e. The van der Waals surface area contributed by atoms with Crippen LogP contribution in [0.25, 0.3) is 0 Å². The Morgan fingerprint density at radius 1 is 1.12 bits per heavy atom. The van der Waals surface area contributed by atoms with Gasteiger partial charge in [-0.25, -0.2) is 0 Å². The summed E-state index contributed by atoms with van der Waals surface area (Å²) < 4.78 is 4.79. The highest BCUT2D eigenvalue weighted by Gasteiger charge is 2.26. The number of carbonyl (C=O) groups is 3. The maximum Gasteiger partial charge on any atom is 0.309 e. The molecule has 0 aliphatic rings. The van der Waals surface area contributed by atoms with E-state index in [9.17, 15) is 14.4 Å². The molecule has 6 nitrogen and oxygen atoms in total. The van der Waals surface area contributed by atoms with Crippen molar-refractivity contribution < 1.29 is 19.1 Å². The van der Waals surface area contributed by atoms with Crippen molar-refractivity contribution in [3.63, 3.8) is 0 Å². The lowest BCUT2D eigenvalue weighted by atomic mass is 9.93. The van der Waals surface area contributed by atoms with E-state index in [1.807, 2.05) is 44.2 Å². The fourth-order valence-corrected chi connectivity index (χ4v) is 2.87. The number of methoxy groups -OCH3 is 1. The van der Waals surface area contributed by atoms with Gasteiger partial charge in [0.25, 0.3) is 0 Å². The van der Waals surface area contributed by atoms with Crippen molar-refractivity contribution in [3.8, 4) is 0 Å². The number of aryl methyl sites for hydroxylation is 1. The van der Waals surface area contributed by atoms with E-state index in [1.54, 1.807) is 7.05 Å². The molecule has 6 heteroatoms. The minimum atomic E-state index is -0.634. The van der Waals surface area contributed by atoms with Crippen molar-refractivity contribution in [2.24, 2.45) is 11.8 Å². The number of ether oxygens (including phenoxy) is 1. The number of benzene rings is 1. The van der Waals surface area contributed by atoms with E-state index < -0.39 is 17.9 Å². The number of hydrogen-bond acceptors (Lipinski definition) is 4. The summed E-state index contributed by atoms with van der Waals surface area (Å²) in [7, 11) is 2.86. The average Bonchev–Trinajstić information content (AvgIpc) is 2.63. The molecule has 0 spiro atoms. The van der Waals surface area contributed by atoms with E-state index in [-0.39, 0.29) is 24.2 Å². The summed E-state index contributed by atoms with van der Waals surface area (Å²) in [6.07, 6.45) is 1.74. The van der Waals surface area contributed by atoms with Crippen molar-refractivity contribution in [3.05, 3.63) is 35.9 Å². The topological polar surface area (TPSA) is 84.5 Å². The Kier molecular flexibility index (Phi) is 9.41. The normalized spacial score (nSPS) is 13.0. The Bertz CT molecular complexity index is 587. The van der Waals surface area contributed by atoms with Crippen molar-refractivity contribution in [1.29, 1.82) is 0 Å². The quantitative estimate of drug-likeness (QED) is 0.624. The molecule has 1 rings (SSSR count). The lowest BCUT2D eigenvalue weighted by Crippen LogP contribution is -2.46. The van der Waals surface area contributed by atoms with E-state index in [1.165, 1.54) is 7.11 Å². The van der Waals surface area contributed by atoms with E-state index in [4.69, 9.17) is 4.74 Å². The van der Waals surface area contributed by atoms with Crippen LogP contribution >= 0.6 is 0 Å². The molecule has 0 aromatic heterocycles. The van der Waals surface area contributed by atoms with Gasteiger partial charge >= 0.3 is 5.97 Å². The second-order valence-electron chi connectivity index (χ2n) is 6.81. The molecular weight excluding hydrogens is 332 g/mol. The molecule has 144 valence electrons. The number of esters is 1. The summed E-state index contributed by atoms with van der Waals surface area (Å²) in [4.78, 5) is 36.4. The minimum absolute atomic E-state index is 0.0175. The van der Waals surface area contributed by atoms with E-state index >= 15 is 0 Å². The molecule has 2 atom stereocenters. The molecule has 1 aromatic rings. The Morgan fingerprint density at radius 3 is 2.31 bits per heavy atom. The second kappa shape index (κ2) is 11.3. The van der Waals surface area contributed by atoms with Crippen LogP contribution in [0.5, 0.6) is 0 Å². The summed E-state index contributed by atoms with van der Waals surface area (Å²) in [5.41, 5.74) is 1.10. The van der Waals surface area contributed by atoms with Crippen LogP contribution in [0.3, 0.4) is 0 Å². The van der Waals surface area contributed by atoms with Gasteiger partial charge in [-0.3, -0.25) is 14.4 Å². The zero-order chi connectivity index (χ0) is 19.5. The van der Waals surface area contributed by atoms with Crippen LogP contribution in [0.2, 0.25) is 0 Å². The van der Waals surface area contributed by atoms with Gasteiger partial charge in [-0.2, -0.15) is 0 Å². The lowest BCUT2D eigenvalue weighted by Gasteiger charge is -2.20. The monoisotopic (exact) mass is 362 g/mol. The van der Waals surface area contributed by atoms with Crippen molar-refractivity contribution in [2.75, 3.05) is 14.2 Å². The van der Waals surface area contributed by atoms with E-state index in [2.05, 4.69) is 10.6 Å². The molecule has 0 unspecified atom stereocenters. The summed E-state index contributed by atoms with van der Waals surface area (Å²) in [5.74, 6) is -1.19. The van der Waals surface area contributed by atoms with Crippen molar-refractivity contribution in [2.45, 2.75) is 45.6 Å².